The highest BCUT2D eigenvalue weighted by molar-refractivity contribution is 7.81. The molecule has 0 unspecified atom stereocenters. The molecule has 0 aliphatic heterocycles. The third-order valence-electron chi connectivity index (χ3n) is 1.57. The molecule has 0 spiro atoms. The van der Waals surface area contributed by atoms with Crippen LogP contribution >= 0.6 is 12.6 Å². The van der Waals surface area contributed by atoms with Gasteiger partial charge in [0.2, 0.25) is 5.91 Å². The number of amides is 1. The predicted octanol–water partition coefficient (Wildman–Crippen LogP) is 1.24. The number of rotatable bonds is 8. The highest BCUT2D eigenvalue weighted by Crippen LogP contribution is 1.89. The van der Waals surface area contributed by atoms with Gasteiger partial charge in [0.05, 0.1) is 5.75 Å². The molecule has 13 heavy (non-hydrogen) atoms. The Bertz CT molecular complexity index is 131. The largest absolute Gasteiger partial charge is 0.381 e. The van der Waals surface area contributed by atoms with Gasteiger partial charge in [-0.3, -0.25) is 4.79 Å². The van der Waals surface area contributed by atoms with Gasteiger partial charge in [0.1, 0.15) is 0 Å². The van der Waals surface area contributed by atoms with Crippen molar-refractivity contribution in [2.24, 2.45) is 0 Å². The zero-order valence-electron chi connectivity index (χ0n) is 8.21. The van der Waals surface area contributed by atoms with Crippen molar-refractivity contribution in [2.75, 3.05) is 25.5 Å². The van der Waals surface area contributed by atoms with Crippen LogP contribution in [0.2, 0.25) is 0 Å². The van der Waals surface area contributed by atoms with Crippen LogP contribution in [0.4, 0.5) is 0 Å². The fraction of sp³-hybridized carbons (Fsp3) is 0.889. The number of hydrogen-bond acceptors (Lipinski definition) is 3. The summed E-state index contributed by atoms with van der Waals surface area (Å²) in [5.41, 5.74) is 0. The van der Waals surface area contributed by atoms with E-state index >= 15 is 0 Å². The minimum Gasteiger partial charge on any atom is -0.381 e. The summed E-state index contributed by atoms with van der Waals surface area (Å²) in [7, 11) is 0. The third kappa shape index (κ3) is 9.70. The van der Waals surface area contributed by atoms with Gasteiger partial charge in [0.25, 0.3) is 0 Å². The molecule has 1 N–H and O–H groups in total. The van der Waals surface area contributed by atoms with Gasteiger partial charge in [-0.1, -0.05) is 13.3 Å². The first-order valence-corrected chi connectivity index (χ1v) is 5.39. The fourth-order valence-electron chi connectivity index (χ4n) is 0.806. The van der Waals surface area contributed by atoms with Crippen molar-refractivity contribution < 1.29 is 9.53 Å². The fourth-order valence-corrected chi connectivity index (χ4v) is 0.918. The summed E-state index contributed by atoms with van der Waals surface area (Å²) >= 11 is 3.84. The van der Waals surface area contributed by atoms with Crippen LogP contribution in [-0.2, 0) is 9.53 Å². The maximum atomic E-state index is 10.7. The molecule has 0 aromatic heterocycles. The van der Waals surface area contributed by atoms with Crippen molar-refractivity contribution in [1.82, 2.24) is 5.32 Å². The maximum Gasteiger partial charge on any atom is 0.229 e. The second-order valence-electron chi connectivity index (χ2n) is 2.83. The monoisotopic (exact) mass is 205 g/mol. The Morgan fingerprint density at radius 3 is 2.69 bits per heavy atom. The van der Waals surface area contributed by atoms with E-state index in [9.17, 15) is 4.79 Å². The Morgan fingerprint density at radius 1 is 1.38 bits per heavy atom. The summed E-state index contributed by atoms with van der Waals surface area (Å²) < 4.78 is 5.32. The Morgan fingerprint density at radius 2 is 2.08 bits per heavy atom. The van der Waals surface area contributed by atoms with Crippen LogP contribution in [0, 0.1) is 0 Å². The van der Waals surface area contributed by atoms with Gasteiger partial charge in [0.15, 0.2) is 0 Å². The van der Waals surface area contributed by atoms with Crippen molar-refractivity contribution >= 4 is 18.5 Å². The lowest BCUT2D eigenvalue weighted by atomic mass is 10.4. The molecule has 0 atom stereocenters. The Labute approximate surface area is 85.6 Å². The van der Waals surface area contributed by atoms with Gasteiger partial charge in [-0.05, 0) is 12.8 Å². The van der Waals surface area contributed by atoms with E-state index in [1.807, 2.05) is 0 Å². The number of thiol groups is 1. The molecule has 0 heterocycles. The molecule has 3 nitrogen and oxygen atoms in total. The average molecular weight is 205 g/mol. The summed E-state index contributed by atoms with van der Waals surface area (Å²) in [5.74, 6) is 0.244. The van der Waals surface area contributed by atoms with Crippen LogP contribution in [0.5, 0.6) is 0 Å². The molecular formula is C9H19NO2S. The van der Waals surface area contributed by atoms with E-state index in [2.05, 4.69) is 24.9 Å². The Hall–Kier alpha value is -0.220. The van der Waals surface area contributed by atoms with E-state index in [1.165, 1.54) is 0 Å². The molecule has 0 aliphatic rings. The first-order valence-electron chi connectivity index (χ1n) is 4.76. The molecule has 0 rings (SSSR count). The SMILES string of the molecule is CCCCOCCCNC(=O)CS. The van der Waals surface area contributed by atoms with E-state index in [1.54, 1.807) is 0 Å². The van der Waals surface area contributed by atoms with E-state index in [0.29, 0.717) is 6.54 Å². The number of ether oxygens (including phenoxy) is 1. The van der Waals surface area contributed by atoms with Crippen molar-refractivity contribution in [3.63, 3.8) is 0 Å². The van der Waals surface area contributed by atoms with Crippen LogP contribution in [0.15, 0.2) is 0 Å². The highest BCUT2D eigenvalue weighted by Gasteiger charge is 1.94. The Kier molecular flexibility index (Phi) is 9.70. The Balaban J connectivity index is 2.95. The molecule has 0 radical (unpaired) electrons. The van der Waals surface area contributed by atoms with Gasteiger partial charge < -0.3 is 10.1 Å². The van der Waals surface area contributed by atoms with Gasteiger partial charge in [-0.2, -0.15) is 12.6 Å². The normalized spacial score (nSPS) is 10.0. The summed E-state index contributed by atoms with van der Waals surface area (Å²) in [6.45, 7) is 4.38. The molecule has 78 valence electrons. The summed E-state index contributed by atoms with van der Waals surface area (Å²) in [4.78, 5) is 10.7. The predicted molar refractivity (Wildman–Crippen MR) is 57.2 cm³/mol. The number of unbranched alkanes of at least 4 members (excludes halogenated alkanes) is 1. The molecule has 0 fully saturated rings. The molecule has 0 saturated heterocycles. The van der Waals surface area contributed by atoms with Crippen LogP contribution < -0.4 is 5.32 Å². The lowest BCUT2D eigenvalue weighted by molar-refractivity contribution is -0.118. The molecule has 0 saturated carbocycles. The zero-order chi connectivity index (χ0) is 9.94. The smallest absolute Gasteiger partial charge is 0.229 e. The summed E-state index contributed by atoms with van der Waals surface area (Å²) in [5, 5.41) is 2.73. The molecule has 0 aromatic rings. The zero-order valence-corrected chi connectivity index (χ0v) is 9.11. The second kappa shape index (κ2) is 9.86. The van der Waals surface area contributed by atoms with Crippen LogP contribution in [0.25, 0.3) is 0 Å². The highest BCUT2D eigenvalue weighted by atomic mass is 32.1. The minimum atomic E-state index is -0.0168. The third-order valence-corrected chi connectivity index (χ3v) is 1.86. The van der Waals surface area contributed by atoms with E-state index in [-0.39, 0.29) is 11.7 Å². The van der Waals surface area contributed by atoms with Crippen LogP contribution in [0.1, 0.15) is 26.2 Å². The first kappa shape index (κ1) is 12.8. The summed E-state index contributed by atoms with van der Waals surface area (Å²) in [6, 6.07) is 0. The number of nitrogens with one attached hydrogen (secondary N) is 1. The maximum absolute atomic E-state index is 10.7. The standard InChI is InChI=1S/C9H19NO2S/c1-2-3-6-12-7-4-5-10-9(11)8-13/h13H,2-8H2,1H3,(H,10,11). The van der Waals surface area contributed by atoms with Crippen LogP contribution in [-0.4, -0.2) is 31.4 Å². The molecule has 0 aliphatic carbocycles. The molecule has 4 heteroatoms. The second-order valence-corrected chi connectivity index (χ2v) is 3.14. The van der Waals surface area contributed by atoms with Crippen molar-refractivity contribution in [2.45, 2.75) is 26.2 Å². The molecule has 0 aromatic carbocycles. The molecule has 1 amide bonds. The minimum absolute atomic E-state index is 0.0168. The lowest BCUT2D eigenvalue weighted by Gasteiger charge is -2.04. The van der Waals surface area contributed by atoms with E-state index in [0.717, 1.165) is 32.5 Å². The lowest BCUT2D eigenvalue weighted by Crippen LogP contribution is -2.26. The average Bonchev–Trinajstić information content (AvgIpc) is 2.16. The topological polar surface area (TPSA) is 38.3 Å². The van der Waals surface area contributed by atoms with E-state index in [4.69, 9.17) is 4.74 Å². The summed E-state index contributed by atoms with van der Waals surface area (Å²) in [6.07, 6.45) is 3.16. The number of carbonyl (C=O) groups excluding carboxylic acids is 1. The van der Waals surface area contributed by atoms with Crippen LogP contribution in [0.3, 0.4) is 0 Å². The quantitative estimate of drug-likeness (QED) is 0.462. The molecule has 0 bridgehead atoms. The van der Waals surface area contributed by atoms with Gasteiger partial charge in [0, 0.05) is 19.8 Å². The number of carbonyl (C=O) groups is 1. The van der Waals surface area contributed by atoms with Gasteiger partial charge in [-0.25, -0.2) is 0 Å². The molecular weight excluding hydrogens is 186 g/mol. The van der Waals surface area contributed by atoms with Gasteiger partial charge in [-0.15, -0.1) is 0 Å². The van der Waals surface area contributed by atoms with Crippen molar-refractivity contribution in [3.8, 4) is 0 Å². The van der Waals surface area contributed by atoms with Crippen molar-refractivity contribution in [1.29, 1.82) is 0 Å². The van der Waals surface area contributed by atoms with Gasteiger partial charge >= 0.3 is 0 Å². The van der Waals surface area contributed by atoms with Crippen molar-refractivity contribution in [3.05, 3.63) is 0 Å². The number of hydrogen-bond donors (Lipinski definition) is 2. The first-order chi connectivity index (χ1) is 6.31. The van der Waals surface area contributed by atoms with E-state index < -0.39 is 0 Å².